The molecule has 0 aliphatic carbocycles. The first-order valence-electron chi connectivity index (χ1n) is 6.94. The molecule has 0 aliphatic heterocycles. The minimum Gasteiger partial charge on any atom is -0.343 e. The zero-order chi connectivity index (χ0) is 13.8. The molecule has 3 nitrogen and oxygen atoms in total. The highest BCUT2D eigenvalue weighted by atomic mass is 16.2. The van der Waals surface area contributed by atoms with Crippen LogP contribution in [-0.4, -0.2) is 28.3 Å². The van der Waals surface area contributed by atoms with Gasteiger partial charge >= 0.3 is 0 Å². The smallest absolute Gasteiger partial charge is 0.219 e. The number of amides is 1. The second-order valence-electron chi connectivity index (χ2n) is 4.97. The van der Waals surface area contributed by atoms with Gasteiger partial charge in [-0.25, -0.2) is 0 Å². The molecule has 0 saturated carbocycles. The van der Waals surface area contributed by atoms with E-state index in [0.717, 1.165) is 25.9 Å². The van der Waals surface area contributed by atoms with Gasteiger partial charge in [-0.15, -0.1) is 0 Å². The molecule has 3 heteroatoms. The number of fused-ring (bicyclic) bond motifs is 1. The van der Waals surface area contributed by atoms with Crippen LogP contribution in [0.1, 0.15) is 31.5 Å². The molecule has 1 amide bonds. The second kappa shape index (κ2) is 5.91. The summed E-state index contributed by atoms with van der Waals surface area (Å²) < 4.78 is 2.25. The van der Waals surface area contributed by atoms with Gasteiger partial charge in [0.25, 0.3) is 0 Å². The summed E-state index contributed by atoms with van der Waals surface area (Å²) in [7, 11) is 0. The van der Waals surface area contributed by atoms with Gasteiger partial charge in [-0.05, 0) is 50.5 Å². The highest BCUT2D eigenvalue weighted by Crippen LogP contribution is 2.17. The monoisotopic (exact) mass is 258 g/mol. The van der Waals surface area contributed by atoms with E-state index in [2.05, 4.69) is 41.8 Å². The number of carbonyl (C=O) groups excluding carboxylic acids is 1. The molecule has 0 aliphatic rings. The van der Waals surface area contributed by atoms with Crippen LogP contribution in [0, 0.1) is 6.92 Å². The van der Waals surface area contributed by atoms with E-state index < -0.39 is 0 Å². The number of carbonyl (C=O) groups is 1. The van der Waals surface area contributed by atoms with Crippen LogP contribution in [0.25, 0.3) is 5.52 Å². The number of rotatable bonds is 5. The van der Waals surface area contributed by atoms with Crippen molar-refractivity contribution in [3.05, 3.63) is 41.7 Å². The third-order valence-corrected chi connectivity index (χ3v) is 3.67. The minimum absolute atomic E-state index is 0.166. The third kappa shape index (κ3) is 2.98. The Morgan fingerprint density at radius 1 is 1.37 bits per heavy atom. The zero-order valence-electron chi connectivity index (χ0n) is 12.0. The van der Waals surface area contributed by atoms with Crippen LogP contribution in [0.2, 0.25) is 0 Å². The van der Waals surface area contributed by atoms with Crippen LogP contribution in [0.5, 0.6) is 0 Å². The first kappa shape index (κ1) is 13.7. The van der Waals surface area contributed by atoms with Crippen molar-refractivity contribution in [3.8, 4) is 0 Å². The molecule has 0 radical (unpaired) electrons. The largest absolute Gasteiger partial charge is 0.343 e. The molecule has 19 heavy (non-hydrogen) atoms. The molecule has 0 aromatic carbocycles. The Balaban J connectivity index is 2.06. The van der Waals surface area contributed by atoms with E-state index in [1.165, 1.54) is 16.8 Å². The summed E-state index contributed by atoms with van der Waals surface area (Å²) in [5, 5.41) is 0. The first-order valence-corrected chi connectivity index (χ1v) is 6.94. The number of nitrogens with zero attached hydrogens (tertiary/aromatic N) is 2. The predicted molar refractivity (Wildman–Crippen MR) is 78.4 cm³/mol. The fourth-order valence-electron chi connectivity index (χ4n) is 2.61. The van der Waals surface area contributed by atoms with Crippen LogP contribution in [0.4, 0.5) is 0 Å². The lowest BCUT2D eigenvalue weighted by Gasteiger charge is -2.18. The van der Waals surface area contributed by atoms with Gasteiger partial charge in [-0.1, -0.05) is 6.07 Å². The van der Waals surface area contributed by atoms with Gasteiger partial charge in [0.2, 0.25) is 5.91 Å². The number of pyridine rings is 1. The summed E-state index contributed by atoms with van der Waals surface area (Å²) in [5.74, 6) is 0.166. The lowest BCUT2D eigenvalue weighted by atomic mass is 10.1. The molecule has 0 bridgehead atoms. The maximum Gasteiger partial charge on any atom is 0.219 e. The normalized spacial score (nSPS) is 10.9. The lowest BCUT2D eigenvalue weighted by molar-refractivity contribution is -0.128. The maximum absolute atomic E-state index is 11.4. The molecule has 0 atom stereocenters. The number of aryl methyl sites for hydroxylation is 2. The lowest BCUT2D eigenvalue weighted by Crippen LogP contribution is -2.29. The zero-order valence-corrected chi connectivity index (χ0v) is 12.0. The van der Waals surface area contributed by atoms with Crippen molar-refractivity contribution in [1.29, 1.82) is 0 Å². The van der Waals surface area contributed by atoms with E-state index in [9.17, 15) is 4.79 Å². The molecule has 0 fully saturated rings. The molecule has 2 heterocycles. The Labute approximate surface area is 114 Å². The fourth-order valence-corrected chi connectivity index (χ4v) is 2.61. The van der Waals surface area contributed by atoms with E-state index in [-0.39, 0.29) is 5.91 Å². The van der Waals surface area contributed by atoms with Gasteiger partial charge in [0.15, 0.2) is 0 Å². The standard InChI is InChI=1S/C16H22N2O/c1-4-17(14(3)19)10-7-9-16-13(2)12-15-8-5-6-11-18(15)16/h5-6,8,11-12H,4,7,9-10H2,1-3H3. The van der Waals surface area contributed by atoms with Gasteiger partial charge in [-0.2, -0.15) is 0 Å². The number of hydrogen-bond acceptors (Lipinski definition) is 1. The van der Waals surface area contributed by atoms with Gasteiger partial charge in [0.05, 0.1) is 0 Å². The summed E-state index contributed by atoms with van der Waals surface area (Å²) in [4.78, 5) is 13.3. The molecule has 2 aromatic heterocycles. The molecule has 0 spiro atoms. The van der Waals surface area contributed by atoms with Crippen LogP contribution in [-0.2, 0) is 11.2 Å². The fraction of sp³-hybridized carbons (Fsp3) is 0.438. The Kier molecular flexibility index (Phi) is 4.25. The van der Waals surface area contributed by atoms with E-state index >= 15 is 0 Å². The van der Waals surface area contributed by atoms with Gasteiger partial charge in [-0.3, -0.25) is 4.79 Å². The van der Waals surface area contributed by atoms with Crippen molar-refractivity contribution < 1.29 is 4.79 Å². The van der Waals surface area contributed by atoms with Crippen molar-refractivity contribution in [2.24, 2.45) is 0 Å². The van der Waals surface area contributed by atoms with Gasteiger partial charge < -0.3 is 9.30 Å². The predicted octanol–water partition coefficient (Wildman–Crippen LogP) is 3.05. The highest BCUT2D eigenvalue weighted by Gasteiger charge is 2.09. The summed E-state index contributed by atoms with van der Waals surface area (Å²) in [6, 6.07) is 8.47. The van der Waals surface area contributed by atoms with E-state index in [0.29, 0.717) is 0 Å². The van der Waals surface area contributed by atoms with E-state index in [1.54, 1.807) is 6.92 Å². The average molecular weight is 258 g/mol. The second-order valence-corrected chi connectivity index (χ2v) is 4.97. The summed E-state index contributed by atoms with van der Waals surface area (Å²) in [6.45, 7) is 7.46. The number of aromatic nitrogens is 1. The maximum atomic E-state index is 11.4. The van der Waals surface area contributed by atoms with Gasteiger partial charge in [0.1, 0.15) is 0 Å². The quantitative estimate of drug-likeness (QED) is 0.809. The SMILES string of the molecule is CCN(CCCc1c(C)cc2ccccn12)C(C)=O. The summed E-state index contributed by atoms with van der Waals surface area (Å²) in [6.07, 6.45) is 4.13. The molecular weight excluding hydrogens is 236 g/mol. The van der Waals surface area contributed by atoms with Crippen molar-refractivity contribution >= 4 is 11.4 Å². The van der Waals surface area contributed by atoms with E-state index in [4.69, 9.17) is 0 Å². The van der Waals surface area contributed by atoms with Crippen molar-refractivity contribution in [1.82, 2.24) is 9.30 Å². The number of hydrogen-bond donors (Lipinski definition) is 0. The molecule has 0 unspecified atom stereocenters. The topological polar surface area (TPSA) is 24.7 Å². The molecule has 2 aromatic rings. The first-order chi connectivity index (χ1) is 9.13. The molecule has 2 rings (SSSR count). The summed E-state index contributed by atoms with van der Waals surface area (Å²) in [5.41, 5.74) is 3.93. The molecule has 0 saturated heterocycles. The van der Waals surface area contributed by atoms with Crippen LogP contribution in [0.3, 0.4) is 0 Å². The van der Waals surface area contributed by atoms with Gasteiger partial charge in [0, 0.05) is 37.4 Å². The molecular formula is C16H22N2O. The summed E-state index contributed by atoms with van der Waals surface area (Å²) >= 11 is 0. The van der Waals surface area contributed by atoms with Crippen LogP contribution >= 0.6 is 0 Å². The van der Waals surface area contributed by atoms with Crippen LogP contribution < -0.4 is 0 Å². The Hall–Kier alpha value is -1.77. The van der Waals surface area contributed by atoms with Crippen LogP contribution in [0.15, 0.2) is 30.5 Å². The average Bonchev–Trinajstić information content (AvgIpc) is 2.70. The molecule has 0 N–H and O–H groups in total. The minimum atomic E-state index is 0.166. The molecule has 102 valence electrons. The highest BCUT2D eigenvalue weighted by molar-refractivity contribution is 5.73. The Morgan fingerprint density at radius 3 is 2.84 bits per heavy atom. The van der Waals surface area contributed by atoms with Crippen molar-refractivity contribution in [2.45, 2.75) is 33.6 Å². The van der Waals surface area contributed by atoms with Crippen molar-refractivity contribution in [3.63, 3.8) is 0 Å². The van der Waals surface area contributed by atoms with Crippen molar-refractivity contribution in [2.75, 3.05) is 13.1 Å². The van der Waals surface area contributed by atoms with E-state index in [1.807, 2.05) is 11.8 Å². The Bertz CT molecular complexity index is 571. The Morgan fingerprint density at radius 2 is 2.16 bits per heavy atom. The third-order valence-electron chi connectivity index (χ3n) is 3.67.